The van der Waals surface area contributed by atoms with E-state index in [1.165, 1.54) is 11.3 Å². The first-order chi connectivity index (χ1) is 9.24. The molecule has 2 N–H and O–H groups in total. The summed E-state index contributed by atoms with van der Waals surface area (Å²) >= 11 is 5.07. The van der Waals surface area contributed by atoms with E-state index in [4.69, 9.17) is 10.5 Å². The van der Waals surface area contributed by atoms with Crippen molar-refractivity contribution in [2.75, 3.05) is 5.73 Å². The number of ether oxygens (including phenoxy) is 1. The van der Waals surface area contributed by atoms with Crippen LogP contribution >= 0.6 is 27.3 Å². The van der Waals surface area contributed by atoms with Crippen LogP contribution in [0.5, 0.6) is 5.75 Å². The highest BCUT2D eigenvalue weighted by atomic mass is 79.9. The Bertz CT molecular complexity index is 813. The number of fused-ring (bicyclic) bond motifs is 5. The van der Waals surface area contributed by atoms with Crippen molar-refractivity contribution in [2.45, 2.75) is 6.61 Å². The second-order valence-electron chi connectivity index (χ2n) is 4.39. The molecule has 0 amide bonds. The Morgan fingerprint density at radius 1 is 1.21 bits per heavy atom. The topological polar surface area (TPSA) is 48.1 Å². The molecule has 0 saturated heterocycles. The number of halogens is 1. The minimum Gasteiger partial charge on any atom is -0.487 e. The minimum absolute atomic E-state index is 0.544. The standard InChI is InChI=1S/C14H9BrN2OS/c15-10-3-1-2-8-7(10)4-5-9-12-11(6-18-13(8)9)19-14(16)17-12/h1-5H,6H2,(H2,16,17). The molecule has 0 fully saturated rings. The Labute approximate surface area is 122 Å². The summed E-state index contributed by atoms with van der Waals surface area (Å²) in [7, 11) is 0. The van der Waals surface area contributed by atoms with Crippen LogP contribution in [0.2, 0.25) is 0 Å². The van der Waals surface area contributed by atoms with Gasteiger partial charge in [-0.3, -0.25) is 0 Å². The van der Waals surface area contributed by atoms with Crippen LogP contribution in [0.15, 0.2) is 34.8 Å². The third-order valence-electron chi connectivity index (χ3n) is 3.28. The van der Waals surface area contributed by atoms with Crippen LogP contribution in [0.4, 0.5) is 5.13 Å². The van der Waals surface area contributed by atoms with Gasteiger partial charge >= 0.3 is 0 Å². The van der Waals surface area contributed by atoms with Crippen molar-refractivity contribution in [2.24, 2.45) is 0 Å². The second kappa shape index (κ2) is 3.95. The summed E-state index contributed by atoms with van der Waals surface area (Å²) in [5.74, 6) is 0.900. The molecule has 0 radical (unpaired) electrons. The predicted molar refractivity (Wildman–Crippen MR) is 81.5 cm³/mol. The number of thiazole rings is 1. The van der Waals surface area contributed by atoms with E-state index in [1.54, 1.807) is 0 Å². The summed E-state index contributed by atoms with van der Waals surface area (Å²) in [5.41, 5.74) is 7.79. The maximum Gasteiger partial charge on any atom is 0.180 e. The highest BCUT2D eigenvalue weighted by Crippen LogP contribution is 2.44. The van der Waals surface area contributed by atoms with Crippen LogP contribution in [0, 0.1) is 0 Å². The van der Waals surface area contributed by atoms with Crippen molar-refractivity contribution < 1.29 is 4.74 Å². The Morgan fingerprint density at radius 3 is 3.00 bits per heavy atom. The molecule has 0 atom stereocenters. The number of benzene rings is 2. The lowest BCUT2D eigenvalue weighted by molar-refractivity contribution is 0.309. The van der Waals surface area contributed by atoms with Crippen LogP contribution in [-0.2, 0) is 6.61 Å². The number of nitrogens with zero attached hydrogens (tertiary/aromatic N) is 1. The molecule has 0 aliphatic carbocycles. The molecule has 3 nitrogen and oxygen atoms in total. The lowest BCUT2D eigenvalue weighted by atomic mass is 10.0. The number of hydrogen-bond acceptors (Lipinski definition) is 4. The molecule has 1 aromatic heterocycles. The molecule has 0 bridgehead atoms. The van der Waals surface area contributed by atoms with Crippen molar-refractivity contribution >= 4 is 43.2 Å². The Kier molecular flexibility index (Phi) is 2.34. The molecule has 2 heterocycles. The van der Waals surface area contributed by atoms with Crippen molar-refractivity contribution in [3.63, 3.8) is 0 Å². The highest BCUT2D eigenvalue weighted by molar-refractivity contribution is 9.10. The molecule has 94 valence electrons. The number of rotatable bonds is 0. The Hall–Kier alpha value is -1.59. The van der Waals surface area contributed by atoms with Gasteiger partial charge in [-0.15, -0.1) is 0 Å². The molecule has 0 saturated carbocycles. The van der Waals surface area contributed by atoms with E-state index in [0.717, 1.165) is 37.1 Å². The SMILES string of the molecule is Nc1nc2c(s1)COc1c-2ccc2c(Br)cccc12. The number of nitrogen functional groups attached to an aromatic ring is 1. The molecule has 0 unspecified atom stereocenters. The summed E-state index contributed by atoms with van der Waals surface area (Å²) < 4.78 is 6.99. The van der Waals surface area contributed by atoms with E-state index >= 15 is 0 Å². The van der Waals surface area contributed by atoms with Gasteiger partial charge < -0.3 is 10.5 Å². The quantitative estimate of drug-likeness (QED) is 0.671. The van der Waals surface area contributed by atoms with Gasteiger partial charge in [0.2, 0.25) is 0 Å². The molecule has 5 heteroatoms. The van der Waals surface area contributed by atoms with E-state index in [1.807, 2.05) is 12.1 Å². The van der Waals surface area contributed by atoms with Gasteiger partial charge in [-0.1, -0.05) is 45.5 Å². The zero-order valence-electron chi connectivity index (χ0n) is 9.81. The zero-order chi connectivity index (χ0) is 13.0. The Balaban J connectivity index is 2.08. The van der Waals surface area contributed by atoms with Gasteiger partial charge in [-0.25, -0.2) is 4.98 Å². The lowest BCUT2D eigenvalue weighted by Gasteiger charge is -2.18. The predicted octanol–water partition coefficient (Wildman–Crippen LogP) is 4.20. The molecule has 1 aliphatic heterocycles. The highest BCUT2D eigenvalue weighted by Gasteiger charge is 2.23. The fraction of sp³-hybridized carbons (Fsp3) is 0.0714. The van der Waals surface area contributed by atoms with Crippen molar-refractivity contribution in [3.05, 3.63) is 39.7 Å². The average Bonchev–Trinajstić information content (AvgIpc) is 2.79. The van der Waals surface area contributed by atoms with Crippen LogP contribution in [-0.4, -0.2) is 4.98 Å². The van der Waals surface area contributed by atoms with E-state index < -0.39 is 0 Å². The molecule has 4 rings (SSSR count). The number of anilines is 1. The fourth-order valence-corrected chi connectivity index (χ4v) is 3.71. The van der Waals surface area contributed by atoms with Crippen molar-refractivity contribution in [1.82, 2.24) is 4.98 Å². The van der Waals surface area contributed by atoms with Crippen LogP contribution in [0.25, 0.3) is 22.0 Å². The monoisotopic (exact) mass is 332 g/mol. The summed E-state index contributed by atoms with van der Waals surface area (Å²) in [6.07, 6.45) is 0. The third-order valence-corrected chi connectivity index (χ3v) is 4.82. The average molecular weight is 333 g/mol. The molecule has 19 heavy (non-hydrogen) atoms. The van der Waals surface area contributed by atoms with Gasteiger partial charge in [-0.2, -0.15) is 0 Å². The molecular weight excluding hydrogens is 324 g/mol. The van der Waals surface area contributed by atoms with Gasteiger partial charge in [0, 0.05) is 15.4 Å². The minimum atomic E-state index is 0.544. The summed E-state index contributed by atoms with van der Waals surface area (Å²) in [4.78, 5) is 5.52. The van der Waals surface area contributed by atoms with Crippen LogP contribution in [0.1, 0.15) is 4.88 Å². The first-order valence-corrected chi connectivity index (χ1v) is 7.44. The summed E-state index contributed by atoms with van der Waals surface area (Å²) in [6, 6.07) is 10.3. The van der Waals surface area contributed by atoms with E-state index in [9.17, 15) is 0 Å². The molecule has 2 aromatic carbocycles. The van der Waals surface area contributed by atoms with Gasteiger partial charge in [0.05, 0.1) is 10.6 Å². The van der Waals surface area contributed by atoms with Gasteiger partial charge in [-0.05, 0) is 17.5 Å². The zero-order valence-corrected chi connectivity index (χ0v) is 12.2. The first-order valence-electron chi connectivity index (χ1n) is 5.83. The maximum atomic E-state index is 5.93. The summed E-state index contributed by atoms with van der Waals surface area (Å²) in [5, 5.41) is 2.84. The largest absolute Gasteiger partial charge is 0.487 e. The summed E-state index contributed by atoms with van der Waals surface area (Å²) in [6.45, 7) is 0.544. The smallest absolute Gasteiger partial charge is 0.180 e. The second-order valence-corrected chi connectivity index (χ2v) is 6.36. The fourth-order valence-electron chi connectivity index (χ4n) is 2.45. The first kappa shape index (κ1) is 11.3. The van der Waals surface area contributed by atoms with Gasteiger partial charge in [0.1, 0.15) is 12.4 Å². The van der Waals surface area contributed by atoms with Crippen LogP contribution < -0.4 is 10.5 Å². The van der Waals surface area contributed by atoms with E-state index in [0.29, 0.717) is 11.7 Å². The van der Waals surface area contributed by atoms with Crippen LogP contribution in [0.3, 0.4) is 0 Å². The molecule has 1 aliphatic rings. The number of hydrogen-bond donors (Lipinski definition) is 1. The third kappa shape index (κ3) is 1.58. The van der Waals surface area contributed by atoms with E-state index in [-0.39, 0.29) is 0 Å². The van der Waals surface area contributed by atoms with E-state index in [2.05, 4.69) is 39.1 Å². The Morgan fingerprint density at radius 2 is 2.11 bits per heavy atom. The molecule has 0 spiro atoms. The molecule has 3 aromatic rings. The maximum absolute atomic E-state index is 5.93. The lowest BCUT2D eigenvalue weighted by Crippen LogP contribution is -2.03. The van der Waals surface area contributed by atoms with Gasteiger partial charge in [0.25, 0.3) is 0 Å². The van der Waals surface area contributed by atoms with Crippen molar-refractivity contribution in [3.8, 4) is 17.0 Å². The van der Waals surface area contributed by atoms with Gasteiger partial charge in [0.15, 0.2) is 5.13 Å². The number of nitrogens with two attached hydrogens (primary N) is 1. The van der Waals surface area contributed by atoms with Crippen molar-refractivity contribution in [1.29, 1.82) is 0 Å². The normalized spacial score (nSPS) is 12.9. The molecular formula is C14H9BrN2OS. The number of aromatic nitrogens is 1.